The Morgan fingerprint density at radius 2 is 2.07 bits per heavy atom. The summed E-state index contributed by atoms with van der Waals surface area (Å²) in [7, 11) is 1.25. The summed E-state index contributed by atoms with van der Waals surface area (Å²) in [5, 5.41) is 25.0. The van der Waals surface area contributed by atoms with Gasteiger partial charge in [0, 0.05) is 16.7 Å². The summed E-state index contributed by atoms with van der Waals surface area (Å²) in [4.78, 5) is 21.9. The summed E-state index contributed by atoms with van der Waals surface area (Å²) in [5.41, 5.74) is 1.88. The highest BCUT2D eigenvalue weighted by atomic mass is 35.5. The van der Waals surface area contributed by atoms with Crippen molar-refractivity contribution in [1.29, 1.82) is 0 Å². The van der Waals surface area contributed by atoms with E-state index in [0.717, 1.165) is 12.3 Å². The lowest BCUT2D eigenvalue weighted by Gasteiger charge is -2.07. The average molecular weight is 414 g/mol. The highest BCUT2D eigenvalue weighted by Crippen LogP contribution is 2.36. The molecule has 0 spiro atoms. The monoisotopic (exact) mass is 413 g/mol. The van der Waals surface area contributed by atoms with E-state index in [1.807, 2.05) is 0 Å². The van der Waals surface area contributed by atoms with Crippen LogP contribution in [0.4, 0.5) is 5.69 Å². The number of nitro groups is 1. The number of methoxy groups -OCH3 is 1. The van der Waals surface area contributed by atoms with Crippen molar-refractivity contribution < 1.29 is 24.3 Å². The number of rotatable bonds is 7. The van der Waals surface area contributed by atoms with Crippen LogP contribution >= 0.6 is 23.2 Å². The minimum absolute atomic E-state index is 0.0994. The molecule has 0 saturated carbocycles. The minimum atomic E-state index is -0.766. The molecule has 2 aromatic carbocycles. The van der Waals surface area contributed by atoms with Crippen LogP contribution in [0.5, 0.6) is 17.2 Å². The van der Waals surface area contributed by atoms with Crippen LogP contribution in [-0.2, 0) is 4.79 Å². The molecule has 2 aromatic rings. The van der Waals surface area contributed by atoms with Crippen LogP contribution in [0, 0.1) is 10.1 Å². The first-order valence-electron chi connectivity index (χ1n) is 7.27. The first-order chi connectivity index (χ1) is 12.8. The molecule has 2 rings (SSSR count). The maximum Gasteiger partial charge on any atom is 0.315 e. The van der Waals surface area contributed by atoms with Crippen LogP contribution in [0.15, 0.2) is 35.4 Å². The second-order valence-electron chi connectivity index (χ2n) is 5.00. The quantitative estimate of drug-likeness (QED) is 0.408. The Morgan fingerprint density at radius 3 is 2.70 bits per heavy atom. The molecule has 1 amide bonds. The van der Waals surface area contributed by atoms with Crippen LogP contribution < -0.4 is 14.9 Å². The second-order valence-corrected chi connectivity index (χ2v) is 5.85. The molecule has 0 aliphatic heterocycles. The maximum absolute atomic E-state index is 11.7. The van der Waals surface area contributed by atoms with E-state index in [1.54, 1.807) is 6.07 Å². The Balaban J connectivity index is 1.99. The Hall–Kier alpha value is -3.04. The van der Waals surface area contributed by atoms with Crippen LogP contribution in [0.3, 0.4) is 0 Å². The van der Waals surface area contributed by atoms with Gasteiger partial charge in [0.25, 0.3) is 5.91 Å². The zero-order valence-corrected chi connectivity index (χ0v) is 15.3. The predicted octanol–water partition coefficient (Wildman–Crippen LogP) is 3.14. The largest absolute Gasteiger partial charge is 0.500 e. The van der Waals surface area contributed by atoms with Crippen LogP contribution in [0.2, 0.25) is 10.0 Å². The number of benzene rings is 2. The molecule has 27 heavy (non-hydrogen) atoms. The summed E-state index contributed by atoms with van der Waals surface area (Å²) in [6.45, 7) is -0.363. The summed E-state index contributed by atoms with van der Waals surface area (Å²) in [5.74, 6) is -1.01. The second kappa shape index (κ2) is 9.06. The van der Waals surface area contributed by atoms with Gasteiger partial charge >= 0.3 is 5.69 Å². The van der Waals surface area contributed by atoms with Gasteiger partial charge in [-0.05, 0) is 24.3 Å². The van der Waals surface area contributed by atoms with Gasteiger partial charge in [0.1, 0.15) is 5.75 Å². The van der Waals surface area contributed by atoms with Gasteiger partial charge in [-0.25, -0.2) is 5.43 Å². The number of nitro benzene ring substituents is 1. The average Bonchev–Trinajstić information content (AvgIpc) is 2.61. The molecule has 0 atom stereocenters. The van der Waals surface area contributed by atoms with E-state index < -0.39 is 22.3 Å². The zero-order chi connectivity index (χ0) is 20.0. The number of phenolic OH excluding ortho intramolecular Hbond substituents is 1. The summed E-state index contributed by atoms with van der Waals surface area (Å²) in [6.07, 6.45) is 1.15. The van der Waals surface area contributed by atoms with Crippen molar-refractivity contribution >= 4 is 41.0 Å². The first-order valence-corrected chi connectivity index (χ1v) is 8.02. The topological polar surface area (TPSA) is 123 Å². The lowest BCUT2D eigenvalue weighted by atomic mass is 10.2. The lowest BCUT2D eigenvalue weighted by Crippen LogP contribution is -2.24. The van der Waals surface area contributed by atoms with E-state index in [4.69, 9.17) is 32.7 Å². The molecule has 142 valence electrons. The van der Waals surface area contributed by atoms with Gasteiger partial charge in [0.15, 0.2) is 12.4 Å². The Morgan fingerprint density at radius 1 is 1.33 bits per heavy atom. The van der Waals surface area contributed by atoms with Gasteiger partial charge in [-0.15, -0.1) is 0 Å². The number of amides is 1. The Kier molecular flexibility index (Phi) is 6.80. The number of hydrogen-bond donors (Lipinski definition) is 2. The SMILES string of the molecule is COc1cc(/C=N/NC(=O)COc2ccc(Cl)cc2Cl)cc([N+](=O)[O-])c1O. The number of carbonyl (C=O) groups is 1. The molecule has 0 aromatic heterocycles. The summed E-state index contributed by atoms with van der Waals surface area (Å²) in [6, 6.07) is 6.95. The molecule has 2 N–H and O–H groups in total. The molecule has 9 nitrogen and oxygen atoms in total. The number of phenols is 1. The zero-order valence-electron chi connectivity index (χ0n) is 13.8. The summed E-state index contributed by atoms with van der Waals surface area (Å²) < 4.78 is 10.1. The van der Waals surface area contributed by atoms with E-state index in [2.05, 4.69) is 10.5 Å². The van der Waals surface area contributed by atoms with Gasteiger partial charge < -0.3 is 14.6 Å². The Labute approximate surface area is 163 Å². The summed E-state index contributed by atoms with van der Waals surface area (Å²) >= 11 is 11.7. The van der Waals surface area contributed by atoms with E-state index in [9.17, 15) is 20.0 Å². The smallest absolute Gasteiger partial charge is 0.315 e. The molecular weight excluding hydrogens is 401 g/mol. The number of ether oxygens (including phenoxy) is 2. The third-order valence-corrected chi connectivity index (χ3v) is 3.68. The van der Waals surface area contributed by atoms with Crippen LogP contribution in [0.25, 0.3) is 0 Å². The minimum Gasteiger partial charge on any atom is -0.500 e. The number of hydrogen-bond acceptors (Lipinski definition) is 7. The standard InChI is InChI=1S/C16H13Cl2N3O6/c1-26-14-5-9(4-12(16(14)23)21(24)25)7-19-20-15(22)8-27-13-3-2-10(17)6-11(13)18/h2-7,23H,8H2,1H3,(H,20,22)/b19-7+. The molecule has 0 unspecified atom stereocenters. The fourth-order valence-electron chi connectivity index (χ4n) is 1.93. The molecule has 0 saturated heterocycles. The Bertz CT molecular complexity index is 904. The molecule has 0 radical (unpaired) electrons. The number of aromatic hydroxyl groups is 1. The molecule has 11 heteroatoms. The van der Waals surface area contributed by atoms with Crippen molar-refractivity contribution in [3.05, 3.63) is 56.1 Å². The van der Waals surface area contributed by atoms with Crippen molar-refractivity contribution in [2.24, 2.45) is 5.10 Å². The lowest BCUT2D eigenvalue weighted by molar-refractivity contribution is -0.386. The fourth-order valence-corrected chi connectivity index (χ4v) is 2.39. The molecule has 0 aliphatic carbocycles. The number of carbonyl (C=O) groups excluding carboxylic acids is 1. The highest BCUT2D eigenvalue weighted by Gasteiger charge is 2.19. The fraction of sp³-hybridized carbons (Fsp3) is 0.125. The third kappa shape index (κ3) is 5.47. The van der Waals surface area contributed by atoms with E-state index >= 15 is 0 Å². The van der Waals surface area contributed by atoms with Gasteiger partial charge in [0.2, 0.25) is 5.75 Å². The number of halogens is 2. The molecule has 0 aliphatic rings. The number of nitrogens with one attached hydrogen (secondary N) is 1. The van der Waals surface area contributed by atoms with Gasteiger partial charge in [-0.1, -0.05) is 23.2 Å². The third-order valence-electron chi connectivity index (χ3n) is 3.15. The number of hydrazone groups is 1. The molecule has 0 bridgehead atoms. The molecule has 0 heterocycles. The highest BCUT2D eigenvalue weighted by molar-refractivity contribution is 6.35. The predicted molar refractivity (Wildman–Crippen MR) is 99.0 cm³/mol. The van der Waals surface area contributed by atoms with Crippen molar-refractivity contribution in [1.82, 2.24) is 5.43 Å². The normalized spacial score (nSPS) is 10.6. The van der Waals surface area contributed by atoms with E-state index in [1.165, 1.54) is 25.3 Å². The van der Waals surface area contributed by atoms with E-state index in [-0.39, 0.29) is 28.7 Å². The van der Waals surface area contributed by atoms with Crippen molar-refractivity contribution in [3.63, 3.8) is 0 Å². The maximum atomic E-state index is 11.7. The van der Waals surface area contributed by atoms with Crippen molar-refractivity contribution in [3.8, 4) is 17.2 Å². The first kappa shape index (κ1) is 20.3. The molecule has 0 fully saturated rings. The number of nitrogens with zero attached hydrogens (tertiary/aromatic N) is 2. The van der Waals surface area contributed by atoms with Crippen molar-refractivity contribution in [2.75, 3.05) is 13.7 Å². The van der Waals surface area contributed by atoms with Gasteiger partial charge in [-0.2, -0.15) is 5.10 Å². The van der Waals surface area contributed by atoms with Crippen molar-refractivity contribution in [2.45, 2.75) is 0 Å². The van der Waals surface area contributed by atoms with Gasteiger partial charge in [-0.3, -0.25) is 14.9 Å². The van der Waals surface area contributed by atoms with Crippen LogP contribution in [0.1, 0.15) is 5.56 Å². The molecular formula is C16H13Cl2N3O6. The van der Waals surface area contributed by atoms with Gasteiger partial charge in [0.05, 0.1) is 23.3 Å². The van der Waals surface area contributed by atoms with E-state index in [0.29, 0.717) is 5.02 Å². The van der Waals surface area contributed by atoms with Crippen LogP contribution in [-0.4, -0.2) is 35.9 Å².